The molecule has 2 aromatic carbocycles. The molecule has 0 fully saturated rings. The summed E-state index contributed by atoms with van der Waals surface area (Å²) in [5.74, 6) is -2.61. The van der Waals surface area contributed by atoms with E-state index in [1.807, 2.05) is 0 Å². The number of nitro benzene ring substituents is 1. The van der Waals surface area contributed by atoms with Gasteiger partial charge < -0.3 is 5.32 Å². The van der Waals surface area contributed by atoms with Gasteiger partial charge in [0.05, 0.1) is 16.4 Å². The predicted molar refractivity (Wildman–Crippen MR) is 109 cm³/mol. The molecule has 0 atom stereocenters. The molecule has 0 saturated carbocycles. The van der Waals surface area contributed by atoms with Crippen molar-refractivity contribution in [3.05, 3.63) is 76.3 Å². The topological polar surface area (TPSA) is 115 Å². The van der Waals surface area contributed by atoms with Crippen LogP contribution in [0.15, 0.2) is 59.8 Å². The zero-order valence-electron chi connectivity index (χ0n) is 15.5. The van der Waals surface area contributed by atoms with E-state index in [4.69, 9.17) is 0 Å². The number of rotatable bonds is 6. The Morgan fingerprint density at radius 1 is 1.10 bits per heavy atom. The van der Waals surface area contributed by atoms with Crippen molar-refractivity contribution in [2.75, 3.05) is 11.1 Å². The monoisotopic (exact) mass is 442 g/mol. The van der Waals surface area contributed by atoms with Gasteiger partial charge in [0.1, 0.15) is 0 Å². The summed E-state index contributed by atoms with van der Waals surface area (Å²) in [5, 5.41) is 26.2. The second-order valence-corrected chi connectivity index (χ2v) is 7.19. The SMILES string of the molecule is O=C(CSc1nnc2ccc(-c3cccc([N+](=O)[O-])c3)nn12)Nc1ccc(F)c(F)c1. The third-order valence-electron chi connectivity index (χ3n) is 4.12. The van der Waals surface area contributed by atoms with Crippen LogP contribution in [0, 0.1) is 21.7 Å². The third kappa shape index (κ3) is 4.48. The molecule has 0 aliphatic carbocycles. The highest BCUT2D eigenvalue weighted by Gasteiger charge is 2.14. The molecule has 0 aliphatic rings. The summed E-state index contributed by atoms with van der Waals surface area (Å²) in [6.45, 7) is 0. The van der Waals surface area contributed by atoms with Crippen molar-refractivity contribution in [1.29, 1.82) is 0 Å². The van der Waals surface area contributed by atoms with Crippen LogP contribution in [-0.2, 0) is 4.79 Å². The molecule has 12 heteroatoms. The number of carbonyl (C=O) groups excluding carboxylic acids is 1. The molecule has 31 heavy (non-hydrogen) atoms. The molecule has 1 N–H and O–H groups in total. The Morgan fingerprint density at radius 2 is 1.94 bits per heavy atom. The van der Waals surface area contributed by atoms with Crippen molar-refractivity contribution in [1.82, 2.24) is 19.8 Å². The molecule has 2 aromatic heterocycles. The van der Waals surface area contributed by atoms with Crippen LogP contribution in [-0.4, -0.2) is 36.4 Å². The number of anilines is 1. The highest BCUT2D eigenvalue weighted by molar-refractivity contribution is 7.99. The van der Waals surface area contributed by atoms with E-state index in [1.54, 1.807) is 24.3 Å². The summed E-state index contributed by atoms with van der Waals surface area (Å²) >= 11 is 1.04. The number of benzene rings is 2. The van der Waals surface area contributed by atoms with Crippen molar-refractivity contribution >= 4 is 34.7 Å². The molecular formula is C19H12F2N6O3S. The van der Waals surface area contributed by atoms with Crippen LogP contribution in [0.3, 0.4) is 0 Å². The zero-order chi connectivity index (χ0) is 22.0. The molecule has 4 rings (SSSR count). The number of non-ortho nitro benzene ring substituents is 1. The lowest BCUT2D eigenvalue weighted by Crippen LogP contribution is -2.14. The minimum absolute atomic E-state index is 0.0633. The standard InChI is InChI=1S/C19H12F2N6O3S/c20-14-5-4-12(9-15(14)21)22-18(28)10-31-19-24-23-17-7-6-16(25-26(17)19)11-2-1-3-13(8-11)27(29)30/h1-9H,10H2,(H,22,28). The minimum atomic E-state index is -1.06. The van der Waals surface area contributed by atoms with Gasteiger partial charge in [-0.15, -0.1) is 10.2 Å². The number of hydrogen-bond acceptors (Lipinski definition) is 7. The first-order valence-electron chi connectivity index (χ1n) is 8.76. The number of nitrogens with one attached hydrogen (secondary N) is 1. The van der Waals surface area contributed by atoms with Gasteiger partial charge in [-0.3, -0.25) is 14.9 Å². The maximum atomic E-state index is 13.3. The number of nitro groups is 1. The molecule has 0 spiro atoms. The van der Waals surface area contributed by atoms with Crippen molar-refractivity contribution in [2.24, 2.45) is 0 Å². The fourth-order valence-electron chi connectivity index (χ4n) is 2.69. The molecular weight excluding hydrogens is 430 g/mol. The van der Waals surface area contributed by atoms with E-state index in [9.17, 15) is 23.7 Å². The Hall–Kier alpha value is -3.93. The molecule has 9 nitrogen and oxygen atoms in total. The lowest BCUT2D eigenvalue weighted by atomic mass is 10.1. The van der Waals surface area contributed by atoms with E-state index < -0.39 is 22.5 Å². The van der Waals surface area contributed by atoms with Gasteiger partial charge in [-0.1, -0.05) is 23.9 Å². The molecule has 1 amide bonds. The van der Waals surface area contributed by atoms with Crippen LogP contribution in [0.5, 0.6) is 0 Å². The first-order chi connectivity index (χ1) is 14.9. The number of fused-ring (bicyclic) bond motifs is 1. The quantitative estimate of drug-likeness (QED) is 0.275. The van der Waals surface area contributed by atoms with Crippen LogP contribution in [0.25, 0.3) is 16.9 Å². The van der Waals surface area contributed by atoms with E-state index >= 15 is 0 Å². The number of nitrogens with zero attached hydrogens (tertiary/aromatic N) is 5. The average Bonchev–Trinajstić information content (AvgIpc) is 3.17. The molecule has 0 saturated heterocycles. The fraction of sp³-hybridized carbons (Fsp3) is 0.0526. The number of amides is 1. The first kappa shape index (κ1) is 20.3. The van der Waals surface area contributed by atoms with Crippen molar-refractivity contribution in [3.8, 4) is 11.3 Å². The number of hydrogen-bond donors (Lipinski definition) is 1. The molecule has 4 aromatic rings. The largest absolute Gasteiger partial charge is 0.325 e. The van der Waals surface area contributed by atoms with Gasteiger partial charge in [0.25, 0.3) is 5.69 Å². The lowest BCUT2D eigenvalue weighted by molar-refractivity contribution is -0.384. The van der Waals surface area contributed by atoms with E-state index in [1.165, 1.54) is 22.7 Å². The van der Waals surface area contributed by atoms with E-state index in [0.717, 1.165) is 23.9 Å². The second kappa shape index (κ2) is 8.44. The van der Waals surface area contributed by atoms with Gasteiger partial charge >= 0.3 is 0 Å². The Morgan fingerprint density at radius 3 is 2.71 bits per heavy atom. The molecule has 156 valence electrons. The van der Waals surface area contributed by atoms with Gasteiger partial charge in [-0.05, 0) is 24.3 Å². The Kier molecular flexibility index (Phi) is 5.54. The molecule has 2 heterocycles. The normalized spacial score (nSPS) is 10.9. The van der Waals surface area contributed by atoms with Crippen molar-refractivity contribution in [3.63, 3.8) is 0 Å². The molecule has 0 bridgehead atoms. The summed E-state index contributed by atoms with van der Waals surface area (Å²) in [6, 6.07) is 12.4. The predicted octanol–water partition coefficient (Wildman–Crippen LogP) is 3.71. The highest BCUT2D eigenvalue weighted by atomic mass is 32.2. The number of thioether (sulfide) groups is 1. The van der Waals surface area contributed by atoms with Gasteiger partial charge in [0.2, 0.25) is 11.1 Å². The molecule has 0 radical (unpaired) electrons. The van der Waals surface area contributed by atoms with E-state index in [2.05, 4.69) is 20.6 Å². The maximum Gasteiger partial charge on any atom is 0.270 e. The Balaban J connectivity index is 1.51. The summed E-state index contributed by atoms with van der Waals surface area (Å²) in [4.78, 5) is 22.7. The fourth-order valence-corrected chi connectivity index (χ4v) is 3.38. The smallest absolute Gasteiger partial charge is 0.270 e. The van der Waals surface area contributed by atoms with Gasteiger partial charge in [-0.2, -0.15) is 9.61 Å². The Bertz CT molecular complexity index is 1310. The first-order valence-corrected chi connectivity index (χ1v) is 9.74. The summed E-state index contributed by atoms with van der Waals surface area (Å²) in [7, 11) is 0. The summed E-state index contributed by atoms with van der Waals surface area (Å²) in [6.07, 6.45) is 0. The lowest BCUT2D eigenvalue weighted by Gasteiger charge is -2.05. The van der Waals surface area contributed by atoms with Crippen LogP contribution < -0.4 is 5.32 Å². The highest BCUT2D eigenvalue weighted by Crippen LogP contribution is 2.24. The maximum absolute atomic E-state index is 13.3. The van der Waals surface area contributed by atoms with E-state index in [0.29, 0.717) is 22.1 Å². The van der Waals surface area contributed by atoms with Crippen molar-refractivity contribution in [2.45, 2.75) is 5.16 Å². The average molecular weight is 442 g/mol. The summed E-state index contributed by atoms with van der Waals surface area (Å²) in [5.41, 5.74) is 1.49. The van der Waals surface area contributed by atoms with Gasteiger partial charge in [-0.25, -0.2) is 8.78 Å². The second-order valence-electron chi connectivity index (χ2n) is 6.24. The van der Waals surface area contributed by atoms with Gasteiger partial charge in [0, 0.05) is 29.4 Å². The number of aromatic nitrogens is 4. The van der Waals surface area contributed by atoms with Crippen LogP contribution >= 0.6 is 11.8 Å². The third-order valence-corrected chi connectivity index (χ3v) is 5.04. The van der Waals surface area contributed by atoms with Gasteiger partial charge in [0.15, 0.2) is 17.3 Å². The van der Waals surface area contributed by atoms with E-state index in [-0.39, 0.29) is 17.1 Å². The van der Waals surface area contributed by atoms with Crippen LogP contribution in [0.2, 0.25) is 0 Å². The van der Waals surface area contributed by atoms with Crippen LogP contribution in [0.1, 0.15) is 0 Å². The minimum Gasteiger partial charge on any atom is -0.325 e. The van der Waals surface area contributed by atoms with Crippen molar-refractivity contribution < 1.29 is 18.5 Å². The molecule has 0 unspecified atom stereocenters. The van der Waals surface area contributed by atoms with Crippen LogP contribution in [0.4, 0.5) is 20.2 Å². The number of carbonyl (C=O) groups is 1. The zero-order valence-corrected chi connectivity index (χ0v) is 16.3. The summed E-state index contributed by atoms with van der Waals surface area (Å²) < 4.78 is 27.7. The Labute approximate surface area is 177 Å². The number of halogens is 2. The molecule has 0 aliphatic heterocycles.